The van der Waals surface area contributed by atoms with Crippen LogP contribution in [0.15, 0.2) is 24.3 Å². The molecule has 0 amide bonds. The molecule has 0 radical (unpaired) electrons. The largest absolute Gasteiger partial charge is 0.378 e. The third-order valence-corrected chi connectivity index (χ3v) is 3.22. The number of anilines is 1. The van der Waals surface area contributed by atoms with Gasteiger partial charge in [0, 0.05) is 22.8 Å². The Hall–Kier alpha value is -0.730. The number of nitrogens with one attached hydrogen (secondary N) is 1. The van der Waals surface area contributed by atoms with Crippen LogP contribution in [0.5, 0.6) is 0 Å². The molecule has 0 saturated heterocycles. The van der Waals surface area contributed by atoms with Gasteiger partial charge in [0.05, 0.1) is 0 Å². The summed E-state index contributed by atoms with van der Waals surface area (Å²) in [6.07, 6.45) is 0. The van der Waals surface area contributed by atoms with Gasteiger partial charge in [0.1, 0.15) is 0 Å². The smallest absolute Gasteiger partial charge is 0.0490 e. The molecule has 0 aliphatic heterocycles. The van der Waals surface area contributed by atoms with Gasteiger partial charge in [-0.2, -0.15) is 0 Å². The molecule has 0 fully saturated rings. The molecule has 15 heavy (non-hydrogen) atoms. The van der Waals surface area contributed by atoms with Crippen LogP contribution in [0.25, 0.3) is 0 Å². The topological polar surface area (TPSA) is 38.0 Å². The second-order valence-electron chi connectivity index (χ2n) is 4.41. The first-order valence-corrected chi connectivity index (χ1v) is 5.59. The maximum absolute atomic E-state index is 5.83. The monoisotopic (exact) mass is 226 g/mol. The minimum Gasteiger partial charge on any atom is -0.378 e. The van der Waals surface area contributed by atoms with Crippen molar-refractivity contribution in [2.75, 3.05) is 11.9 Å². The first-order valence-electron chi connectivity index (χ1n) is 5.22. The quantitative estimate of drug-likeness (QED) is 0.828. The van der Waals surface area contributed by atoms with Gasteiger partial charge in [-0.25, -0.2) is 0 Å². The summed E-state index contributed by atoms with van der Waals surface area (Å²) in [6, 6.07) is 7.69. The summed E-state index contributed by atoms with van der Waals surface area (Å²) >= 11 is 5.83. The normalized spacial score (nSPS) is 15.1. The fourth-order valence-corrected chi connectivity index (χ4v) is 1.42. The third-order valence-electron chi connectivity index (χ3n) is 2.97. The van der Waals surface area contributed by atoms with Crippen LogP contribution < -0.4 is 11.1 Å². The van der Waals surface area contributed by atoms with Gasteiger partial charge in [0.15, 0.2) is 0 Å². The SMILES string of the molecule is CC(C)C(C)(CN)Nc1ccc(Cl)cc1. The van der Waals surface area contributed by atoms with Gasteiger partial charge in [0.2, 0.25) is 0 Å². The molecule has 0 bridgehead atoms. The molecule has 0 heterocycles. The van der Waals surface area contributed by atoms with Gasteiger partial charge in [-0.05, 0) is 37.1 Å². The van der Waals surface area contributed by atoms with Crippen LogP contribution in [0, 0.1) is 5.92 Å². The molecule has 0 saturated carbocycles. The summed E-state index contributed by atoms with van der Waals surface area (Å²) < 4.78 is 0. The highest BCUT2D eigenvalue weighted by Gasteiger charge is 2.26. The molecule has 1 rings (SSSR count). The minimum atomic E-state index is -0.0756. The molecule has 0 aliphatic carbocycles. The van der Waals surface area contributed by atoms with Crippen LogP contribution in [0.4, 0.5) is 5.69 Å². The van der Waals surface area contributed by atoms with Crippen molar-refractivity contribution in [2.45, 2.75) is 26.3 Å². The Morgan fingerprint density at radius 1 is 1.33 bits per heavy atom. The summed E-state index contributed by atoms with van der Waals surface area (Å²) in [5, 5.41) is 4.20. The van der Waals surface area contributed by atoms with Gasteiger partial charge in [-0.15, -0.1) is 0 Å². The third kappa shape index (κ3) is 3.11. The Balaban J connectivity index is 2.79. The van der Waals surface area contributed by atoms with E-state index < -0.39 is 0 Å². The summed E-state index contributed by atoms with van der Waals surface area (Å²) in [6.45, 7) is 7.06. The second-order valence-corrected chi connectivity index (χ2v) is 4.84. The van der Waals surface area contributed by atoms with Gasteiger partial charge in [0.25, 0.3) is 0 Å². The van der Waals surface area contributed by atoms with E-state index in [0.29, 0.717) is 12.5 Å². The molecule has 3 N–H and O–H groups in total. The Morgan fingerprint density at radius 2 is 1.87 bits per heavy atom. The van der Waals surface area contributed by atoms with Gasteiger partial charge in [-0.3, -0.25) is 0 Å². The molecular formula is C12H19ClN2. The number of nitrogens with two attached hydrogens (primary N) is 1. The zero-order valence-corrected chi connectivity index (χ0v) is 10.3. The van der Waals surface area contributed by atoms with Crippen LogP contribution in [0.2, 0.25) is 5.02 Å². The highest BCUT2D eigenvalue weighted by molar-refractivity contribution is 6.30. The zero-order chi connectivity index (χ0) is 11.5. The average Bonchev–Trinajstić information content (AvgIpc) is 2.21. The number of halogens is 1. The Morgan fingerprint density at radius 3 is 2.27 bits per heavy atom. The first kappa shape index (κ1) is 12.3. The summed E-state index contributed by atoms with van der Waals surface area (Å²) in [7, 11) is 0. The van der Waals surface area contributed by atoms with E-state index in [2.05, 4.69) is 26.1 Å². The lowest BCUT2D eigenvalue weighted by Crippen LogP contribution is -2.47. The molecule has 0 spiro atoms. The van der Waals surface area contributed by atoms with Crippen molar-refractivity contribution in [1.29, 1.82) is 0 Å². The van der Waals surface area contributed by atoms with E-state index >= 15 is 0 Å². The lowest BCUT2D eigenvalue weighted by atomic mass is 9.88. The van der Waals surface area contributed by atoms with E-state index in [0.717, 1.165) is 10.7 Å². The minimum absolute atomic E-state index is 0.0756. The van der Waals surface area contributed by atoms with Crippen molar-refractivity contribution < 1.29 is 0 Å². The van der Waals surface area contributed by atoms with Crippen LogP contribution in [0.3, 0.4) is 0 Å². The number of hydrogen-bond donors (Lipinski definition) is 2. The second kappa shape index (κ2) is 4.86. The van der Waals surface area contributed by atoms with E-state index in [1.165, 1.54) is 0 Å². The fourth-order valence-electron chi connectivity index (χ4n) is 1.29. The Bertz CT molecular complexity index is 308. The lowest BCUT2D eigenvalue weighted by molar-refractivity contribution is 0.382. The van der Waals surface area contributed by atoms with Gasteiger partial charge < -0.3 is 11.1 Å². The van der Waals surface area contributed by atoms with Crippen molar-refractivity contribution in [3.8, 4) is 0 Å². The molecule has 1 aromatic rings. The fraction of sp³-hybridized carbons (Fsp3) is 0.500. The molecule has 0 aromatic heterocycles. The van der Waals surface area contributed by atoms with E-state index in [4.69, 9.17) is 17.3 Å². The van der Waals surface area contributed by atoms with Crippen molar-refractivity contribution in [1.82, 2.24) is 0 Å². The molecule has 0 aliphatic rings. The molecule has 1 unspecified atom stereocenters. The van der Waals surface area contributed by atoms with Crippen LogP contribution >= 0.6 is 11.6 Å². The van der Waals surface area contributed by atoms with E-state index in [9.17, 15) is 0 Å². The number of benzene rings is 1. The summed E-state index contributed by atoms with van der Waals surface area (Å²) in [4.78, 5) is 0. The molecule has 84 valence electrons. The predicted octanol–water partition coefficient (Wildman–Crippen LogP) is 3.13. The van der Waals surface area contributed by atoms with E-state index in [1.54, 1.807) is 0 Å². The van der Waals surface area contributed by atoms with E-state index in [-0.39, 0.29) is 5.54 Å². The Labute approximate surface area is 96.8 Å². The summed E-state index contributed by atoms with van der Waals surface area (Å²) in [5.41, 5.74) is 6.78. The standard InChI is InChI=1S/C12H19ClN2/c1-9(2)12(3,8-14)15-11-6-4-10(13)5-7-11/h4-7,9,15H,8,14H2,1-3H3. The Kier molecular flexibility index (Phi) is 4.00. The number of rotatable bonds is 4. The van der Waals surface area contributed by atoms with Crippen molar-refractivity contribution in [2.24, 2.45) is 11.7 Å². The zero-order valence-electron chi connectivity index (χ0n) is 9.55. The molecule has 1 aromatic carbocycles. The van der Waals surface area contributed by atoms with Crippen LogP contribution in [-0.4, -0.2) is 12.1 Å². The van der Waals surface area contributed by atoms with Gasteiger partial charge >= 0.3 is 0 Å². The molecular weight excluding hydrogens is 208 g/mol. The molecule has 2 nitrogen and oxygen atoms in total. The predicted molar refractivity (Wildman–Crippen MR) is 67.4 cm³/mol. The van der Waals surface area contributed by atoms with E-state index in [1.807, 2.05) is 24.3 Å². The molecule has 1 atom stereocenters. The van der Waals surface area contributed by atoms with Crippen molar-refractivity contribution in [3.05, 3.63) is 29.3 Å². The lowest BCUT2D eigenvalue weighted by Gasteiger charge is -2.34. The van der Waals surface area contributed by atoms with Crippen molar-refractivity contribution in [3.63, 3.8) is 0 Å². The van der Waals surface area contributed by atoms with Crippen molar-refractivity contribution >= 4 is 17.3 Å². The first-order chi connectivity index (χ1) is 6.98. The highest BCUT2D eigenvalue weighted by Crippen LogP contribution is 2.23. The van der Waals surface area contributed by atoms with Crippen LogP contribution in [-0.2, 0) is 0 Å². The maximum atomic E-state index is 5.83. The summed E-state index contributed by atoms with van der Waals surface area (Å²) in [5.74, 6) is 0.471. The average molecular weight is 227 g/mol. The highest BCUT2D eigenvalue weighted by atomic mass is 35.5. The van der Waals surface area contributed by atoms with Crippen LogP contribution in [0.1, 0.15) is 20.8 Å². The maximum Gasteiger partial charge on any atom is 0.0490 e. The molecule has 3 heteroatoms. The van der Waals surface area contributed by atoms with Gasteiger partial charge in [-0.1, -0.05) is 25.4 Å². The number of hydrogen-bond acceptors (Lipinski definition) is 2.